The topological polar surface area (TPSA) is 79.0 Å². The third-order valence-electron chi connectivity index (χ3n) is 4.50. The Morgan fingerprint density at radius 2 is 2.03 bits per heavy atom. The normalized spacial score (nSPS) is 14.6. The van der Waals surface area contributed by atoms with Crippen LogP contribution in [0.4, 0.5) is 5.69 Å². The van der Waals surface area contributed by atoms with Crippen LogP contribution in [0.5, 0.6) is 0 Å². The van der Waals surface area contributed by atoms with E-state index in [1.54, 1.807) is 11.9 Å². The highest BCUT2D eigenvalue weighted by Gasteiger charge is 2.28. The largest absolute Gasteiger partial charge is 0.337 e. The summed E-state index contributed by atoms with van der Waals surface area (Å²) in [6.07, 6.45) is 1.25. The molecule has 0 aliphatic carbocycles. The van der Waals surface area contributed by atoms with E-state index in [4.69, 9.17) is 23.2 Å². The number of fused-ring (bicyclic) bond motifs is 2. The van der Waals surface area contributed by atoms with Crippen LogP contribution in [-0.4, -0.2) is 22.4 Å². The van der Waals surface area contributed by atoms with E-state index < -0.39 is 11.3 Å². The van der Waals surface area contributed by atoms with Gasteiger partial charge in [0.1, 0.15) is 16.7 Å². The predicted molar refractivity (Wildman–Crippen MR) is 114 cm³/mol. The number of halogens is 2. The van der Waals surface area contributed by atoms with Crippen LogP contribution in [0.3, 0.4) is 0 Å². The van der Waals surface area contributed by atoms with Crippen molar-refractivity contribution in [2.45, 2.75) is 11.4 Å². The molecule has 0 amide bonds. The van der Waals surface area contributed by atoms with Gasteiger partial charge < -0.3 is 4.90 Å². The van der Waals surface area contributed by atoms with Crippen molar-refractivity contribution < 1.29 is 4.79 Å². The Balaban J connectivity index is 1.72. The summed E-state index contributed by atoms with van der Waals surface area (Å²) < 4.78 is 1.15. The quantitative estimate of drug-likeness (QED) is 0.445. The van der Waals surface area contributed by atoms with Crippen LogP contribution in [0.25, 0.3) is 10.9 Å². The molecule has 1 aliphatic rings. The highest BCUT2D eigenvalue weighted by molar-refractivity contribution is 8.03. The molecule has 1 aromatic heterocycles. The molecule has 144 valence electrons. The number of ketones is 1. The average Bonchev–Trinajstić information content (AvgIpc) is 3.02. The Kier molecular flexibility index (Phi) is 5.09. The van der Waals surface area contributed by atoms with Crippen molar-refractivity contribution in [2.75, 3.05) is 11.9 Å². The van der Waals surface area contributed by atoms with E-state index in [1.807, 2.05) is 30.3 Å². The number of para-hydroxylation sites is 1. The number of rotatable bonds is 3. The van der Waals surface area contributed by atoms with Crippen molar-refractivity contribution in [1.82, 2.24) is 9.55 Å². The van der Waals surface area contributed by atoms with Gasteiger partial charge >= 0.3 is 0 Å². The number of anilines is 1. The molecule has 0 N–H and O–H groups in total. The van der Waals surface area contributed by atoms with Gasteiger partial charge in [0.15, 0.2) is 5.78 Å². The minimum Gasteiger partial charge on any atom is -0.337 e. The molecule has 1 aliphatic heterocycles. The Morgan fingerprint density at radius 3 is 2.76 bits per heavy atom. The summed E-state index contributed by atoms with van der Waals surface area (Å²) in [7, 11) is 1.80. The van der Waals surface area contributed by atoms with Gasteiger partial charge in [-0.05, 0) is 24.3 Å². The van der Waals surface area contributed by atoms with Gasteiger partial charge in [-0.1, -0.05) is 47.1 Å². The summed E-state index contributed by atoms with van der Waals surface area (Å²) in [6, 6.07) is 12.6. The van der Waals surface area contributed by atoms with E-state index >= 15 is 0 Å². The zero-order valence-electron chi connectivity index (χ0n) is 15.0. The number of allylic oxidation sites excluding steroid dienone is 1. The zero-order chi connectivity index (χ0) is 20.7. The molecule has 6 nitrogen and oxygen atoms in total. The molecule has 2 aromatic carbocycles. The Bertz CT molecular complexity index is 1310. The van der Waals surface area contributed by atoms with Crippen molar-refractivity contribution in [1.29, 1.82) is 5.26 Å². The van der Waals surface area contributed by atoms with Crippen molar-refractivity contribution in [3.05, 3.63) is 73.7 Å². The minimum absolute atomic E-state index is 0.00942. The number of carbonyl (C=O) groups excluding carboxylic acids is 1. The molecular formula is C20H12Cl2N4O2S. The van der Waals surface area contributed by atoms with Crippen molar-refractivity contribution in [3.63, 3.8) is 0 Å². The van der Waals surface area contributed by atoms with E-state index in [2.05, 4.69) is 4.98 Å². The molecule has 0 unspecified atom stereocenters. The molecule has 4 rings (SSSR count). The van der Waals surface area contributed by atoms with Crippen LogP contribution >= 0.6 is 35.0 Å². The van der Waals surface area contributed by atoms with Crippen LogP contribution in [-0.2, 0) is 11.3 Å². The van der Waals surface area contributed by atoms with Crippen LogP contribution < -0.4 is 10.5 Å². The van der Waals surface area contributed by atoms with Gasteiger partial charge in [0.25, 0.3) is 5.56 Å². The van der Waals surface area contributed by atoms with Gasteiger partial charge in [-0.15, -0.1) is 0 Å². The molecule has 2 heterocycles. The first kappa shape index (κ1) is 19.5. The lowest BCUT2D eigenvalue weighted by Crippen LogP contribution is -2.26. The summed E-state index contributed by atoms with van der Waals surface area (Å²) in [5.41, 5.74) is 0.766. The number of hydrogen-bond acceptors (Lipinski definition) is 6. The van der Waals surface area contributed by atoms with E-state index in [-0.39, 0.29) is 22.5 Å². The van der Waals surface area contributed by atoms with Crippen LogP contribution in [0.1, 0.15) is 0 Å². The minimum atomic E-state index is -0.481. The summed E-state index contributed by atoms with van der Waals surface area (Å²) in [5, 5.41) is 10.9. The number of Topliss-reactive ketones (excluding diaryl/α,β-unsaturated/α-hetero) is 1. The first-order valence-corrected chi connectivity index (χ1v) is 10.0. The highest BCUT2D eigenvalue weighted by atomic mass is 35.5. The number of hydrogen-bond donors (Lipinski definition) is 0. The molecule has 0 saturated carbocycles. The molecule has 0 spiro atoms. The van der Waals surface area contributed by atoms with E-state index in [0.717, 1.165) is 15.1 Å². The van der Waals surface area contributed by atoms with Crippen LogP contribution in [0, 0.1) is 11.3 Å². The maximum Gasteiger partial charge on any atom is 0.261 e. The molecule has 3 aromatic rings. The predicted octanol–water partition coefficient (Wildman–Crippen LogP) is 4.25. The number of thioether (sulfide) groups is 1. The van der Waals surface area contributed by atoms with Gasteiger partial charge in [0.05, 0.1) is 34.5 Å². The standard InChI is InChI=1S/C20H12Cl2N4O2S/c1-25-15-4-2-3-5-17(15)29-20(25)13(8-23)16(27)9-26-10-24-18-12(19(26)28)6-11(21)7-14(18)22/h2-7,10H,9H2,1H3/b20-13-. The number of nitrogens with zero attached hydrogens (tertiary/aromatic N) is 4. The molecular weight excluding hydrogens is 431 g/mol. The fourth-order valence-electron chi connectivity index (χ4n) is 3.09. The van der Waals surface area contributed by atoms with Crippen molar-refractivity contribution in [3.8, 4) is 6.07 Å². The molecule has 0 fully saturated rings. The van der Waals surface area contributed by atoms with Gasteiger partial charge in [-0.2, -0.15) is 5.26 Å². The number of carbonyl (C=O) groups is 1. The molecule has 0 radical (unpaired) electrons. The highest BCUT2D eigenvalue weighted by Crippen LogP contribution is 2.46. The first-order valence-electron chi connectivity index (χ1n) is 8.43. The van der Waals surface area contributed by atoms with E-state index in [0.29, 0.717) is 15.6 Å². The Morgan fingerprint density at radius 1 is 1.28 bits per heavy atom. The van der Waals surface area contributed by atoms with Crippen LogP contribution in [0.15, 0.2) is 63.0 Å². The van der Waals surface area contributed by atoms with Gasteiger partial charge in [-0.3, -0.25) is 14.2 Å². The van der Waals surface area contributed by atoms with E-state index in [1.165, 1.54) is 30.2 Å². The van der Waals surface area contributed by atoms with Crippen molar-refractivity contribution in [2.24, 2.45) is 0 Å². The lowest BCUT2D eigenvalue weighted by atomic mass is 10.2. The smallest absolute Gasteiger partial charge is 0.261 e. The Labute approximate surface area is 180 Å². The zero-order valence-corrected chi connectivity index (χ0v) is 17.3. The molecule has 29 heavy (non-hydrogen) atoms. The first-order chi connectivity index (χ1) is 13.9. The fourth-order valence-corrected chi connectivity index (χ4v) is 4.80. The number of nitriles is 1. The Hall–Kier alpha value is -2.79. The number of benzene rings is 2. The third-order valence-corrected chi connectivity index (χ3v) is 6.24. The summed E-state index contributed by atoms with van der Waals surface area (Å²) >= 11 is 13.4. The molecule has 0 saturated heterocycles. The maximum absolute atomic E-state index is 12.9. The lowest BCUT2D eigenvalue weighted by molar-refractivity contribution is -0.115. The SMILES string of the molecule is CN1/C(=C(\C#N)C(=O)Cn2cnc3c(Cl)cc(Cl)cc3c2=O)Sc2ccccc21. The third kappa shape index (κ3) is 3.40. The summed E-state index contributed by atoms with van der Waals surface area (Å²) in [4.78, 5) is 32.6. The second-order valence-corrected chi connectivity index (χ2v) is 8.18. The molecule has 0 bridgehead atoms. The van der Waals surface area contributed by atoms with Crippen molar-refractivity contribution >= 4 is 57.3 Å². The molecule has 9 heteroatoms. The molecule has 0 atom stereocenters. The van der Waals surface area contributed by atoms with E-state index in [9.17, 15) is 14.9 Å². The fraction of sp³-hybridized carbons (Fsp3) is 0.100. The number of aromatic nitrogens is 2. The monoisotopic (exact) mass is 442 g/mol. The maximum atomic E-state index is 12.9. The second kappa shape index (κ2) is 7.56. The average molecular weight is 443 g/mol. The lowest BCUT2D eigenvalue weighted by Gasteiger charge is -2.15. The summed E-state index contributed by atoms with van der Waals surface area (Å²) in [5.74, 6) is -0.481. The van der Waals surface area contributed by atoms with Crippen LogP contribution in [0.2, 0.25) is 10.0 Å². The van der Waals surface area contributed by atoms with Gasteiger partial charge in [0.2, 0.25) is 0 Å². The van der Waals surface area contributed by atoms with Gasteiger partial charge in [0, 0.05) is 17.0 Å². The second-order valence-electron chi connectivity index (χ2n) is 6.31. The van der Waals surface area contributed by atoms with Gasteiger partial charge in [-0.25, -0.2) is 4.98 Å². The summed E-state index contributed by atoms with van der Waals surface area (Å²) in [6.45, 7) is -0.316.